The van der Waals surface area contributed by atoms with E-state index in [1.54, 1.807) is 67.8 Å². The molecule has 0 spiro atoms. The Labute approximate surface area is 210 Å². The normalized spacial score (nSPS) is 10.9. The third-order valence-electron chi connectivity index (χ3n) is 5.44. The largest absolute Gasteiger partial charge is 0.505 e. The van der Waals surface area contributed by atoms with Crippen LogP contribution in [-0.2, 0) is 0 Å². The van der Waals surface area contributed by atoms with Gasteiger partial charge < -0.3 is 15.2 Å². The quantitative estimate of drug-likeness (QED) is 0.315. The molecule has 0 radical (unpaired) electrons. The fourth-order valence-corrected chi connectivity index (χ4v) is 3.63. The molecule has 0 unspecified atom stereocenters. The van der Waals surface area contributed by atoms with Gasteiger partial charge in [-0.05, 0) is 41.8 Å². The second-order valence-corrected chi connectivity index (χ2v) is 7.68. The number of phenolic OH excluding ortho intramolecular Hbond substituents is 1. The summed E-state index contributed by atoms with van der Waals surface area (Å²) in [5.74, 6) is 0.00959. The van der Waals surface area contributed by atoms with Gasteiger partial charge in [0.1, 0.15) is 23.1 Å². The van der Waals surface area contributed by atoms with Crippen LogP contribution in [0.4, 0.5) is 17.2 Å². The number of nitriles is 1. The first-order valence-electron chi connectivity index (χ1n) is 11.0. The summed E-state index contributed by atoms with van der Waals surface area (Å²) in [6.07, 6.45) is 4.38. The Morgan fingerprint density at radius 1 is 1.08 bits per heavy atom. The van der Waals surface area contributed by atoms with Crippen molar-refractivity contribution < 1.29 is 14.6 Å². The SMILES string of the molecule is COc1ccc(NC(=O)c2cc3ccccc3c(N=Nc3c(C#N)cnn3-c3ncccn3)c2O)cc1. The monoisotopic (exact) mass is 490 g/mol. The minimum Gasteiger partial charge on any atom is -0.505 e. The summed E-state index contributed by atoms with van der Waals surface area (Å²) in [7, 11) is 1.55. The number of benzene rings is 3. The summed E-state index contributed by atoms with van der Waals surface area (Å²) in [5.41, 5.74) is 0.716. The molecule has 180 valence electrons. The molecular weight excluding hydrogens is 472 g/mol. The number of carbonyl (C=O) groups is 1. The molecule has 1 amide bonds. The first-order chi connectivity index (χ1) is 18.1. The predicted molar refractivity (Wildman–Crippen MR) is 135 cm³/mol. The average molecular weight is 490 g/mol. The van der Waals surface area contributed by atoms with Crippen molar-refractivity contribution in [1.82, 2.24) is 19.7 Å². The second-order valence-electron chi connectivity index (χ2n) is 7.68. The highest BCUT2D eigenvalue weighted by atomic mass is 16.5. The molecule has 0 atom stereocenters. The molecule has 5 aromatic rings. The Morgan fingerprint density at radius 3 is 2.57 bits per heavy atom. The third kappa shape index (κ3) is 4.54. The highest BCUT2D eigenvalue weighted by molar-refractivity contribution is 6.11. The summed E-state index contributed by atoms with van der Waals surface area (Å²) < 4.78 is 6.41. The molecule has 0 bridgehead atoms. The number of amides is 1. The van der Waals surface area contributed by atoms with Crippen LogP contribution in [0.5, 0.6) is 11.5 Å². The van der Waals surface area contributed by atoms with Gasteiger partial charge >= 0.3 is 0 Å². The zero-order chi connectivity index (χ0) is 25.8. The Balaban J connectivity index is 1.58. The van der Waals surface area contributed by atoms with Gasteiger partial charge in [-0.15, -0.1) is 10.2 Å². The molecule has 11 nitrogen and oxygen atoms in total. The van der Waals surface area contributed by atoms with E-state index in [2.05, 4.69) is 30.6 Å². The van der Waals surface area contributed by atoms with Gasteiger partial charge in [0.05, 0.1) is 18.9 Å². The van der Waals surface area contributed by atoms with Gasteiger partial charge in [0.2, 0.25) is 0 Å². The van der Waals surface area contributed by atoms with Crippen LogP contribution in [-0.4, -0.2) is 37.9 Å². The number of rotatable bonds is 6. The molecule has 2 heterocycles. The van der Waals surface area contributed by atoms with Crippen molar-refractivity contribution in [3.05, 3.63) is 90.4 Å². The van der Waals surface area contributed by atoms with Crippen LogP contribution in [0.3, 0.4) is 0 Å². The number of nitrogens with one attached hydrogen (secondary N) is 1. The van der Waals surface area contributed by atoms with Crippen LogP contribution >= 0.6 is 0 Å². The van der Waals surface area contributed by atoms with E-state index in [0.717, 1.165) is 0 Å². The van der Waals surface area contributed by atoms with E-state index >= 15 is 0 Å². The molecule has 0 fully saturated rings. The molecule has 0 saturated carbocycles. The van der Waals surface area contributed by atoms with Crippen LogP contribution in [0.25, 0.3) is 16.7 Å². The molecule has 2 aromatic heterocycles. The maximum Gasteiger partial charge on any atom is 0.259 e. The number of aromatic hydroxyl groups is 1. The first kappa shape index (κ1) is 23.1. The molecular formula is C26H18N8O3. The van der Waals surface area contributed by atoms with E-state index in [0.29, 0.717) is 22.2 Å². The number of aromatic nitrogens is 4. The second kappa shape index (κ2) is 9.93. The molecule has 2 N–H and O–H groups in total. The molecule has 0 aliphatic carbocycles. The highest BCUT2D eigenvalue weighted by Gasteiger charge is 2.20. The lowest BCUT2D eigenvalue weighted by Crippen LogP contribution is -2.12. The summed E-state index contributed by atoms with van der Waals surface area (Å²) in [6.45, 7) is 0. The molecule has 5 rings (SSSR count). The van der Waals surface area contributed by atoms with Gasteiger partial charge in [-0.25, -0.2) is 9.97 Å². The number of phenols is 1. The first-order valence-corrected chi connectivity index (χ1v) is 11.0. The van der Waals surface area contributed by atoms with Crippen molar-refractivity contribution in [2.24, 2.45) is 10.2 Å². The molecule has 0 saturated heterocycles. The van der Waals surface area contributed by atoms with Gasteiger partial charge in [-0.2, -0.15) is 15.0 Å². The number of methoxy groups -OCH3 is 1. The third-order valence-corrected chi connectivity index (χ3v) is 5.44. The van der Waals surface area contributed by atoms with Crippen molar-refractivity contribution in [2.45, 2.75) is 0 Å². The van der Waals surface area contributed by atoms with Crippen molar-refractivity contribution in [3.63, 3.8) is 0 Å². The van der Waals surface area contributed by atoms with E-state index in [4.69, 9.17) is 4.74 Å². The van der Waals surface area contributed by atoms with E-state index in [9.17, 15) is 15.2 Å². The standard InChI is InChI=1S/C26H18N8O3/c1-37-19-9-7-18(8-10-19)31-25(36)21-13-16-5-2-3-6-20(16)22(23(21)35)32-33-24-17(14-27)15-30-34(24)26-28-11-4-12-29-26/h2-13,15,35H,1H3,(H,31,36). The van der Waals surface area contributed by atoms with Crippen molar-refractivity contribution in [3.8, 4) is 23.5 Å². The van der Waals surface area contributed by atoms with E-state index in [1.807, 2.05) is 6.07 Å². The summed E-state index contributed by atoms with van der Waals surface area (Å²) in [6, 6.07) is 19.1. The van der Waals surface area contributed by atoms with Crippen molar-refractivity contribution >= 4 is 33.9 Å². The Bertz CT molecular complexity index is 1670. The number of hydrogen-bond donors (Lipinski definition) is 2. The predicted octanol–water partition coefficient (Wildman–Crippen LogP) is 5.07. The smallest absolute Gasteiger partial charge is 0.259 e. The number of anilines is 1. The molecule has 11 heteroatoms. The number of carbonyl (C=O) groups excluding carboxylic acids is 1. The number of ether oxygens (including phenoxy) is 1. The topological polar surface area (TPSA) is 151 Å². The summed E-state index contributed by atoms with van der Waals surface area (Å²) in [4.78, 5) is 21.4. The van der Waals surface area contributed by atoms with Crippen LogP contribution in [0.15, 0.2) is 89.5 Å². The van der Waals surface area contributed by atoms with Crippen LogP contribution in [0.1, 0.15) is 15.9 Å². The van der Waals surface area contributed by atoms with E-state index in [-0.39, 0.29) is 34.3 Å². The lowest BCUT2D eigenvalue weighted by molar-refractivity contribution is 0.102. The average Bonchev–Trinajstić information content (AvgIpc) is 3.36. The molecule has 0 aliphatic rings. The summed E-state index contributed by atoms with van der Waals surface area (Å²) >= 11 is 0. The van der Waals surface area contributed by atoms with Crippen LogP contribution < -0.4 is 10.1 Å². The summed E-state index contributed by atoms with van der Waals surface area (Å²) in [5, 5.41) is 37.2. The van der Waals surface area contributed by atoms with Crippen molar-refractivity contribution in [2.75, 3.05) is 12.4 Å². The Morgan fingerprint density at radius 2 is 1.84 bits per heavy atom. The van der Waals surface area contributed by atoms with E-state index in [1.165, 1.54) is 23.3 Å². The number of fused-ring (bicyclic) bond motifs is 1. The van der Waals surface area contributed by atoms with E-state index < -0.39 is 5.91 Å². The maximum absolute atomic E-state index is 13.1. The minimum absolute atomic E-state index is 0.00359. The number of hydrogen-bond acceptors (Lipinski definition) is 9. The minimum atomic E-state index is -0.537. The van der Waals surface area contributed by atoms with Crippen LogP contribution in [0, 0.1) is 11.3 Å². The van der Waals surface area contributed by atoms with Gasteiger partial charge in [0, 0.05) is 23.5 Å². The lowest BCUT2D eigenvalue weighted by atomic mass is 10.0. The van der Waals surface area contributed by atoms with Gasteiger partial charge in [0.15, 0.2) is 11.6 Å². The fourth-order valence-electron chi connectivity index (χ4n) is 3.63. The Kier molecular flexibility index (Phi) is 6.21. The lowest BCUT2D eigenvalue weighted by Gasteiger charge is -2.11. The molecule has 0 aliphatic heterocycles. The molecule has 3 aromatic carbocycles. The Hall–Kier alpha value is -5.63. The van der Waals surface area contributed by atoms with Gasteiger partial charge in [-0.3, -0.25) is 4.79 Å². The van der Waals surface area contributed by atoms with Crippen LogP contribution in [0.2, 0.25) is 0 Å². The van der Waals surface area contributed by atoms with Crippen molar-refractivity contribution in [1.29, 1.82) is 5.26 Å². The van der Waals surface area contributed by atoms with Gasteiger partial charge in [-0.1, -0.05) is 24.3 Å². The zero-order valence-electron chi connectivity index (χ0n) is 19.4. The highest BCUT2D eigenvalue weighted by Crippen LogP contribution is 2.40. The molecule has 37 heavy (non-hydrogen) atoms. The fraction of sp³-hybridized carbons (Fsp3) is 0.0385. The number of azo groups is 1. The van der Waals surface area contributed by atoms with Gasteiger partial charge in [0.25, 0.3) is 11.9 Å². The maximum atomic E-state index is 13.1. The zero-order valence-corrected chi connectivity index (χ0v) is 19.4. The number of nitrogens with zero attached hydrogens (tertiary/aromatic N) is 7.